The van der Waals surface area contributed by atoms with Gasteiger partial charge in [-0.15, -0.1) is 0 Å². The highest BCUT2D eigenvalue weighted by Crippen LogP contribution is 2.07. The van der Waals surface area contributed by atoms with Crippen molar-refractivity contribution in [1.29, 1.82) is 0 Å². The van der Waals surface area contributed by atoms with E-state index in [-0.39, 0.29) is 18.4 Å². The van der Waals surface area contributed by atoms with Crippen molar-refractivity contribution in [2.75, 3.05) is 65.4 Å². The standard InChI is InChI=1S/C17H32N6O2/c1-3-18-17(20-14-16(25)23-7-4-5-8-23)19-6-9-21-10-12-22(13-11-21)15(2)24/h3-14H2,1-2H3,(H2,18,19,20). The summed E-state index contributed by atoms with van der Waals surface area (Å²) in [6.07, 6.45) is 2.20. The first-order chi connectivity index (χ1) is 12.1. The first kappa shape index (κ1) is 19.5. The van der Waals surface area contributed by atoms with Crippen molar-refractivity contribution in [1.82, 2.24) is 25.3 Å². The van der Waals surface area contributed by atoms with Gasteiger partial charge in [0.25, 0.3) is 0 Å². The van der Waals surface area contributed by atoms with Crippen molar-refractivity contribution in [2.45, 2.75) is 26.7 Å². The molecule has 0 aromatic carbocycles. The Balaban J connectivity index is 1.69. The van der Waals surface area contributed by atoms with Crippen molar-refractivity contribution < 1.29 is 9.59 Å². The average Bonchev–Trinajstić information content (AvgIpc) is 3.14. The van der Waals surface area contributed by atoms with Gasteiger partial charge in [-0.3, -0.25) is 14.5 Å². The van der Waals surface area contributed by atoms with Crippen LogP contribution in [0.1, 0.15) is 26.7 Å². The van der Waals surface area contributed by atoms with Crippen LogP contribution in [0.25, 0.3) is 0 Å². The number of nitrogens with zero attached hydrogens (tertiary/aromatic N) is 4. The van der Waals surface area contributed by atoms with Gasteiger partial charge < -0.3 is 20.4 Å². The van der Waals surface area contributed by atoms with E-state index in [9.17, 15) is 9.59 Å². The van der Waals surface area contributed by atoms with E-state index in [0.717, 1.165) is 71.7 Å². The van der Waals surface area contributed by atoms with Gasteiger partial charge in [0.2, 0.25) is 11.8 Å². The van der Waals surface area contributed by atoms with Crippen LogP contribution in [0.4, 0.5) is 0 Å². The van der Waals surface area contributed by atoms with Crippen molar-refractivity contribution in [2.24, 2.45) is 4.99 Å². The Kier molecular flexibility index (Phi) is 7.97. The van der Waals surface area contributed by atoms with Crippen molar-refractivity contribution >= 4 is 17.8 Å². The van der Waals surface area contributed by atoms with Gasteiger partial charge in [-0.05, 0) is 19.8 Å². The molecule has 2 aliphatic heterocycles. The molecule has 0 aliphatic carbocycles. The fourth-order valence-electron chi connectivity index (χ4n) is 3.17. The Morgan fingerprint density at radius 2 is 1.64 bits per heavy atom. The highest BCUT2D eigenvalue weighted by atomic mass is 16.2. The lowest BCUT2D eigenvalue weighted by Crippen LogP contribution is -2.50. The van der Waals surface area contributed by atoms with Crippen LogP contribution in [-0.2, 0) is 9.59 Å². The van der Waals surface area contributed by atoms with E-state index in [0.29, 0.717) is 5.96 Å². The van der Waals surface area contributed by atoms with E-state index >= 15 is 0 Å². The van der Waals surface area contributed by atoms with Crippen LogP contribution in [0, 0.1) is 0 Å². The van der Waals surface area contributed by atoms with E-state index in [1.807, 2.05) is 16.7 Å². The Bertz CT molecular complexity index is 468. The lowest BCUT2D eigenvalue weighted by molar-refractivity contribution is -0.130. The molecule has 142 valence electrons. The van der Waals surface area contributed by atoms with Crippen molar-refractivity contribution in [3.8, 4) is 0 Å². The van der Waals surface area contributed by atoms with Gasteiger partial charge in [-0.2, -0.15) is 0 Å². The molecule has 0 atom stereocenters. The quantitative estimate of drug-likeness (QED) is 0.489. The SMILES string of the molecule is CCNC(=NCC(=O)N1CCCC1)NCCN1CCN(C(C)=O)CC1. The summed E-state index contributed by atoms with van der Waals surface area (Å²) in [6.45, 7) is 11.4. The maximum atomic E-state index is 12.1. The number of guanidine groups is 1. The number of rotatable bonds is 6. The highest BCUT2D eigenvalue weighted by Gasteiger charge is 2.19. The molecule has 2 aliphatic rings. The third-order valence-electron chi connectivity index (χ3n) is 4.71. The number of likely N-dealkylation sites (tertiary alicyclic amines) is 1. The molecule has 0 spiro atoms. The Hall–Kier alpha value is -1.83. The number of nitrogens with one attached hydrogen (secondary N) is 2. The van der Waals surface area contributed by atoms with Gasteiger partial charge in [-0.25, -0.2) is 4.99 Å². The summed E-state index contributed by atoms with van der Waals surface area (Å²) in [7, 11) is 0. The van der Waals surface area contributed by atoms with Crippen LogP contribution < -0.4 is 10.6 Å². The van der Waals surface area contributed by atoms with Gasteiger partial charge in [0, 0.05) is 65.8 Å². The third kappa shape index (κ3) is 6.53. The fourth-order valence-corrected chi connectivity index (χ4v) is 3.17. The van der Waals surface area contributed by atoms with Gasteiger partial charge >= 0.3 is 0 Å². The average molecular weight is 352 g/mol. The molecular formula is C17H32N6O2. The van der Waals surface area contributed by atoms with Gasteiger partial charge in [0.15, 0.2) is 5.96 Å². The number of carbonyl (C=O) groups excluding carboxylic acids is 2. The topological polar surface area (TPSA) is 80.3 Å². The van der Waals surface area contributed by atoms with Crippen LogP contribution in [0.5, 0.6) is 0 Å². The van der Waals surface area contributed by atoms with E-state index < -0.39 is 0 Å². The molecule has 8 nitrogen and oxygen atoms in total. The van der Waals surface area contributed by atoms with Crippen LogP contribution in [0.15, 0.2) is 4.99 Å². The molecule has 2 N–H and O–H groups in total. The van der Waals surface area contributed by atoms with Gasteiger partial charge in [0.05, 0.1) is 0 Å². The summed E-state index contributed by atoms with van der Waals surface area (Å²) in [6, 6.07) is 0. The van der Waals surface area contributed by atoms with Crippen molar-refractivity contribution in [3.05, 3.63) is 0 Å². The summed E-state index contributed by atoms with van der Waals surface area (Å²) in [4.78, 5) is 34.0. The first-order valence-electron chi connectivity index (χ1n) is 9.38. The number of hydrogen-bond acceptors (Lipinski definition) is 4. The zero-order valence-electron chi connectivity index (χ0n) is 15.6. The second-order valence-corrected chi connectivity index (χ2v) is 6.56. The van der Waals surface area contributed by atoms with Crippen LogP contribution in [0.3, 0.4) is 0 Å². The van der Waals surface area contributed by atoms with Crippen LogP contribution in [0.2, 0.25) is 0 Å². The Morgan fingerprint density at radius 1 is 0.960 bits per heavy atom. The second-order valence-electron chi connectivity index (χ2n) is 6.56. The second kappa shape index (κ2) is 10.2. The summed E-state index contributed by atoms with van der Waals surface area (Å²) in [5, 5.41) is 6.48. The number of aliphatic imine (C=N–C) groups is 1. The van der Waals surface area contributed by atoms with E-state index in [1.54, 1.807) is 6.92 Å². The first-order valence-corrected chi connectivity index (χ1v) is 9.38. The molecule has 2 amide bonds. The molecule has 0 aromatic rings. The lowest BCUT2D eigenvalue weighted by atomic mass is 10.3. The maximum absolute atomic E-state index is 12.1. The van der Waals surface area contributed by atoms with Gasteiger partial charge in [0.1, 0.15) is 6.54 Å². The normalized spacial score (nSPS) is 19.2. The Morgan fingerprint density at radius 3 is 2.24 bits per heavy atom. The Labute approximate surface area is 150 Å². The van der Waals surface area contributed by atoms with Gasteiger partial charge in [-0.1, -0.05) is 0 Å². The molecule has 8 heteroatoms. The molecule has 2 saturated heterocycles. The smallest absolute Gasteiger partial charge is 0.244 e. The third-order valence-corrected chi connectivity index (χ3v) is 4.71. The van der Waals surface area contributed by atoms with E-state index in [2.05, 4.69) is 20.5 Å². The molecule has 0 bridgehead atoms. The predicted molar refractivity (Wildman–Crippen MR) is 98.5 cm³/mol. The molecule has 25 heavy (non-hydrogen) atoms. The molecule has 2 heterocycles. The number of amides is 2. The van der Waals surface area contributed by atoms with Crippen LogP contribution in [-0.4, -0.2) is 97.9 Å². The minimum absolute atomic E-state index is 0.107. The molecule has 0 aromatic heterocycles. The molecular weight excluding hydrogens is 320 g/mol. The minimum atomic E-state index is 0.107. The maximum Gasteiger partial charge on any atom is 0.244 e. The number of hydrogen-bond donors (Lipinski definition) is 2. The fraction of sp³-hybridized carbons (Fsp3) is 0.824. The highest BCUT2D eigenvalue weighted by molar-refractivity contribution is 5.85. The molecule has 2 rings (SSSR count). The van der Waals surface area contributed by atoms with Crippen molar-refractivity contribution in [3.63, 3.8) is 0 Å². The zero-order chi connectivity index (χ0) is 18.1. The summed E-state index contributed by atoms with van der Waals surface area (Å²) in [5.74, 6) is 0.953. The zero-order valence-corrected chi connectivity index (χ0v) is 15.6. The lowest BCUT2D eigenvalue weighted by Gasteiger charge is -2.34. The number of carbonyl (C=O) groups is 2. The minimum Gasteiger partial charge on any atom is -0.357 e. The largest absolute Gasteiger partial charge is 0.357 e. The molecule has 0 radical (unpaired) electrons. The summed E-state index contributed by atoms with van der Waals surface area (Å²) in [5.41, 5.74) is 0. The monoisotopic (exact) mass is 352 g/mol. The van der Waals surface area contributed by atoms with Crippen LogP contribution >= 0.6 is 0 Å². The molecule has 0 saturated carbocycles. The molecule has 0 unspecified atom stereocenters. The van der Waals surface area contributed by atoms with E-state index in [1.165, 1.54) is 0 Å². The predicted octanol–water partition coefficient (Wildman–Crippen LogP) is -0.672. The number of piperazine rings is 1. The van der Waals surface area contributed by atoms with E-state index in [4.69, 9.17) is 0 Å². The molecule has 2 fully saturated rings. The summed E-state index contributed by atoms with van der Waals surface area (Å²) < 4.78 is 0. The summed E-state index contributed by atoms with van der Waals surface area (Å²) >= 11 is 0.